The summed E-state index contributed by atoms with van der Waals surface area (Å²) in [5.41, 5.74) is 3.62. The normalized spacial score (nSPS) is 20.4. The van der Waals surface area contributed by atoms with Gasteiger partial charge >= 0.3 is 0 Å². The van der Waals surface area contributed by atoms with Crippen LogP contribution in [-0.2, 0) is 11.2 Å². The molecule has 116 valence electrons. The number of benzene rings is 2. The number of para-hydroxylation sites is 1. The van der Waals surface area contributed by atoms with Crippen LogP contribution in [0.15, 0.2) is 48.5 Å². The van der Waals surface area contributed by atoms with Gasteiger partial charge in [-0.05, 0) is 23.8 Å². The van der Waals surface area contributed by atoms with Crippen LogP contribution in [0, 0.1) is 5.82 Å². The first-order chi connectivity index (χ1) is 11.1. The lowest BCUT2D eigenvalue weighted by Crippen LogP contribution is -2.95. The number of H-pyrrole nitrogens is 1. The first-order valence-corrected chi connectivity index (χ1v) is 7.54. The zero-order chi connectivity index (χ0) is 16.0. The van der Waals surface area contributed by atoms with Crippen molar-refractivity contribution in [3.63, 3.8) is 0 Å². The van der Waals surface area contributed by atoms with Crippen LogP contribution in [0.1, 0.15) is 22.9 Å². The maximum Gasteiger partial charge on any atom is 0.153 e. The monoisotopic (exact) mass is 310 g/mol. The number of nitrogens with one attached hydrogen (secondary N) is 1. The molecule has 0 fully saturated rings. The molecule has 23 heavy (non-hydrogen) atoms. The lowest BCUT2D eigenvalue weighted by molar-refractivity contribution is -0.717. The third-order valence-electron chi connectivity index (χ3n) is 4.52. The molecule has 3 aromatic rings. The number of quaternary nitrogens is 1. The van der Waals surface area contributed by atoms with Crippen LogP contribution < -0.4 is 10.4 Å². The van der Waals surface area contributed by atoms with Crippen molar-refractivity contribution < 1.29 is 19.6 Å². The number of aliphatic carboxylic acids is 1. The van der Waals surface area contributed by atoms with Gasteiger partial charge in [-0.3, -0.25) is 0 Å². The molecule has 0 spiro atoms. The Morgan fingerprint density at radius 2 is 2.04 bits per heavy atom. The average molecular weight is 310 g/mol. The van der Waals surface area contributed by atoms with Gasteiger partial charge in [-0.1, -0.05) is 30.3 Å². The van der Waals surface area contributed by atoms with Gasteiger partial charge in [-0.25, -0.2) is 4.39 Å². The molecule has 0 aliphatic carbocycles. The molecule has 3 N–H and O–H groups in total. The van der Waals surface area contributed by atoms with Crippen LogP contribution in [0.5, 0.6) is 0 Å². The Balaban J connectivity index is 1.91. The number of nitrogens with two attached hydrogens (primary N) is 1. The molecular weight excluding hydrogens is 295 g/mol. The third kappa shape index (κ3) is 2.29. The van der Waals surface area contributed by atoms with E-state index in [-0.39, 0.29) is 11.9 Å². The van der Waals surface area contributed by atoms with E-state index in [0.29, 0.717) is 6.42 Å². The Labute approximate surface area is 132 Å². The summed E-state index contributed by atoms with van der Waals surface area (Å²) in [7, 11) is 0. The zero-order valence-corrected chi connectivity index (χ0v) is 12.3. The van der Waals surface area contributed by atoms with Crippen molar-refractivity contribution in [1.82, 2.24) is 4.98 Å². The maximum atomic E-state index is 13.6. The fourth-order valence-electron chi connectivity index (χ4n) is 3.46. The molecule has 4 nitrogen and oxygen atoms in total. The predicted molar refractivity (Wildman–Crippen MR) is 81.0 cm³/mol. The topological polar surface area (TPSA) is 72.5 Å². The zero-order valence-electron chi connectivity index (χ0n) is 12.3. The summed E-state index contributed by atoms with van der Waals surface area (Å²) in [6, 6.07) is 13.1. The van der Waals surface area contributed by atoms with E-state index in [0.717, 1.165) is 27.7 Å². The minimum Gasteiger partial charge on any atom is -0.544 e. The Morgan fingerprint density at radius 3 is 2.83 bits per heavy atom. The van der Waals surface area contributed by atoms with Crippen molar-refractivity contribution in [2.45, 2.75) is 18.5 Å². The van der Waals surface area contributed by atoms with Crippen molar-refractivity contribution in [1.29, 1.82) is 0 Å². The summed E-state index contributed by atoms with van der Waals surface area (Å²) < 4.78 is 13.6. The SMILES string of the molecule is O=C([O-])[C@H]1Cc2c([nH]c3ccccc23)[C@H](c2cccc(F)c2)[NH2+]1. The van der Waals surface area contributed by atoms with Gasteiger partial charge in [0.05, 0.1) is 11.7 Å². The summed E-state index contributed by atoms with van der Waals surface area (Å²) in [5, 5.41) is 14.2. The number of fused-ring (bicyclic) bond motifs is 3. The van der Waals surface area contributed by atoms with E-state index in [1.54, 1.807) is 11.4 Å². The number of carbonyl (C=O) groups excluding carboxylic acids is 1. The number of hydrogen-bond acceptors (Lipinski definition) is 2. The summed E-state index contributed by atoms with van der Waals surface area (Å²) in [5.74, 6) is -1.42. The van der Waals surface area contributed by atoms with Gasteiger partial charge in [0.15, 0.2) is 6.04 Å². The van der Waals surface area contributed by atoms with Gasteiger partial charge < -0.3 is 20.2 Å². The van der Waals surface area contributed by atoms with E-state index in [9.17, 15) is 14.3 Å². The fourth-order valence-corrected chi connectivity index (χ4v) is 3.46. The number of carboxylic acids is 1. The Hall–Kier alpha value is -2.66. The van der Waals surface area contributed by atoms with Crippen LogP contribution >= 0.6 is 0 Å². The molecule has 0 bridgehead atoms. The van der Waals surface area contributed by atoms with Crippen molar-refractivity contribution in [3.8, 4) is 0 Å². The number of halogens is 1. The van der Waals surface area contributed by atoms with Gasteiger partial charge in [0.2, 0.25) is 0 Å². The number of carbonyl (C=O) groups is 1. The van der Waals surface area contributed by atoms with Crippen LogP contribution in [0.3, 0.4) is 0 Å². The van der Waals surface area contributed by atoms with E-state index < -0.39 is 12.0 Å². The lowest BCUT2D eigenvalue weighted by Gasteiger charge is -2.28. The molecule has 0 saturated heterocycles. The minimum absolute atomic E-state index is 0.287. The first kappa shape index (κ1) is 14.0. The molecule has 0 unspecified atom stereocenters. The minimum atomic E-state index is -1.10. The molecule has 4 rings (SSSR count). The van der Waals surface area contributed by atoms with Gasteiger partial charge in [0.1, 0.15) is 11.9 Å². The average Bonchev–Trinajstić information content (AvgIpc) is 2.92. The highest BCUT2D eigenvalue weighted by atomic mass is 19.1. The summed E-state index contributed by atoms with van der Waals surface area (Å²) >= 11 is 0. The van der Waals surface area contributed by atoms with Gasteiger partial charge in [0.25, 0.3) is 0 Å². The lowest BCUT2D eigenvalue weighted by atomic mass is 9.90. The first-order valence-electron chi connectivity index (χ1n) is 7.54. The molecule has 2 atom stereocenters. The van der Waals surface area contributed by atoms with Crippen LogP contribution in [-0.4, -0.2) is 17.0 Å². The summed E-state index contributed by atoms with van der Waals surface area (Å²) in [6.45, 7) is 0. The number of hydrogen-bond donors (Lipinski definition) is 2. The van der Waals surface area contributed by atoms with Gasteiger partial charge in [0, 0.05) is 22.9 Å². The number of aromatic nitrogens is 1. The molecule has 1 aromatic heterocycles. The smallest absolute Gasteiger partial charge is 0.153 e. The van der Waals surface area contributed by atoms with Crippen molar-refractivity contribution in [2.75, 3.05) is 0 Å². The highest BCUT2D eigenvalue weighted by Crippen LogP contribution is 2.31. The van der Waals surface area contributed by atoms with Crippen molar-refractivity contribution in [3.05, 3.63) is 71.2 Å². The standard InChI is InChI=1S/C18H15FN2O2/c19-11-5-3-4-10(8-11)16-17-13(9-15(21-16)18(22)23)12-6-1-2-7-14(12)20-17/h1-8,15-16,20-21H,9H2,(H,22,23)/t15-,16+/m1/s1. The fraction of sp³-hybridized carbons (Fsp3) is 0.167. The second kappa shape index (κ2) is 5.21. The largest absolute Gasteiger partial charge is 0.544 e. The Bertz CT molecular complexity index is 903. The van der Waals surface area contributed by atoms with E-state index in [4.69, 9.17) is 0 Å². The highest BCUT2D eigenvalue weighted by molar-refractivity contribution is 5.86. The van der Waals surface area contributed by atoms with Gasteiger partial charge in [-0.15, -0.1) is 0 Å². The number of rotatable bonds is 2. The van der Waals surface area contributed by atoms with E-state index in [1.807, 2.05) is 30.3 Å². The second-order valence-corrected chi connectivity index (χ2v) is 5.92. The van der Waals surface area contributed by atoms with Crippen molar-refractivity contribution >= 4 is 16.9 Å². The predicted octanol–water partition coefficient (Wildman–Crippen LogP) is 0.634. The molecule has 1 aliphatic rings. The second-order valence-electron chi connectivity index (χ2n) is 5.92. The molecule has 5 heteroatoms. The molecule has 2 heterocycles. The maximum absolute atomic E-state index is 13.6. The number of carboxylic acid groups (broad SMARTS) is 1. The van der Waals surface area contributed by atoms with Crippen LogP contribution in [0.2, 0.25) is 0 Å². The van der Waals surface area contributed by atoms with Crippen LogP contribution in [0.4, 0.5) is 4.39 Å². The van der Waals surface area contributed by atoms with Gasteiger partial charge in [-0.2, -0.15) is 0 Å². The Kier molecular flexibility index (Phi) is 3.16. The molecular formula is C18H15FN2O2. The molecule has 2 aromatic carbocycles. The molecule has 0 saturated carbocycles. The van der Waals surface area contributed by atoms with E-state index in [1.165, 1.54) is 12.1 Å². The van der Waals surface area contributed by atoms with E-state index >= 15 is 0 Å². The molecule has 1 aliphatic heterocycles. The highest BCUT2D eigenvalue weighted by Gasteiger charge is 2.34. The quantitative estimate of drug-likeness (QED) is 0.729. The van der Waals surface area contributed by atoms with E-state index in [2.05, 4.69) is 4.98 Å². The number of aromatic amines is 1. The van der Waals surface area contributed by atoms with Crippen LogP contribution in [0.25, 0.3) is 10.9 Å². The summed E-state index contributed by atoms with van der Waals surface area (Å²) in [4.78, 5) is 14.8. The summed E-state index contributed by atoms with van der Waals surface area (Å²) in [6.07, 6.45) is 0.396. The Morgan fingerprint density at radius 1 is 1.22 bits per heavy atom. The molecule has 0 amide bonds. The van der Waals surface area contributed by atoms with Crippen molar-refractivity contribution in [2.24, 2.45) is 0 Å². The molecule has 0 radical (unpaired) electrons. The third-order valence-corrected chi connectivity index (χ3v) is 4.52.